The molecule has 0 unspecified atom stereocenters. The fraction of sp³-hybridized carbons (Fsp3) is 0.133. The molecule has 2 aromatic rings. The van der Waals surface area contributed by atoms with Crippen molar-refractivity contribution in [2.75, 3.05) is 4.72 Å². The average Bonchev–Trinajstić information content (AvgIpc) is 2.43. The van der Waals surface area contributed by atoms with Crippen molar-refractivity contribution in [2.24, 2.45) is 5.73 Å². The van der Waals surface area contributed by atoms with Gasteiger partial charge in [-0.05, 0) is 49.2 Å². The first-order chi connectivity index (χ1) is 10.2. The molecule has 0 aliphatic carbocycles. The third kappa shape index (κ3) is 3.31. The second-order valence-corrected chi connectivity index (χ2v) is 7.41. The van der Waals surface area contributed by atoms with Crippen LogP contribution in [0.4, 0.5) is 5.69 Å². The standard InChI is InChI=1S/C15H15BrN2O3S/c1-9-4-3-5-12(15(17)19)14(9)18-22(20,21)11-6-7-13(16)10(2)8-11/h3-8,18H,1-2H3,(H2,17,19). The van der Waals surface area contributed by atoms with Crippen molar-refractivity contribution in [3.8, 4) is 0 Å². The number of rotatable bonds is 4. The minimum atomic E-state index is -3.81. The van der Waals surface area contributed by atoms with Crippen LogP contribution < -0.4 is 10.5 Å². The topological polar surface area (TPSA) is 89.3 Å². The molecule has 0 spiro atoms. The molecule has 22 heavy (non-hydrogen) atoms. The van der Waals surface area contributed by atoms with Crippen molar-refractivity contribution in [1.29, 1.82) is 0 Å². The molecule has 0 saturated carbocycles. The van der Waals surface area contributed by atoms with Gasteiger partial charge in [0.15, 0.2) is 0 Å². The Kier molecular flexibility index (Phi) is 4.58. The van der Waals surface area contributed by atoms with Gasteiger partial charge in [0.1, 0.15) is 0 Å². The molecule has 0 radical (unpaired) electrons. The van der Waals surface area contributed by atoms with E-state index in [1.807, 2.05) is 0 Å². The molecular formula is C15H15BrN2O3S. The Labute approximate surface area is 137 Å². The lowest BCUT2D eigenvalue weighted by Gasteiger charge is -2.14. The third-order valence-corrected chi connectivity index (χ3v) is 5.45. The summed E-state index contributed by atoms with van der Waals surface area (Å²) in [7, 11) is -3.81. The van der Waals surface area contributed by atoms with Gasteiger partial charge in [-0.15, -0.1) is 0 Å². The number of hydrogen-bond donors (Lipinski definition) is 2. The molecule has 3 N–H and O–H groups in total. The highest BCUT2D eigenvalue weighted by Crippen LogP contribution is 2.26. The Morgan fingerprint density at radius 2 is 1.82 bits per heavy atom. The number of sulfonamides is 1. The summed E-state index contributed by atoms with van der Waals surface area (Å²) in [6.45, 7) is 3.50. The molecule has 116 valence electrons. The number of primary amides is 1. The maximum absolute atomic E-state index is 12.5. The molecule has 0 atom stereocenters. The fourth-order valence-electron chi connectivity index (χ4n) is 1.99. The third-order valence-electron chi connectivity index (χ3n) is 3.21. The van der Waals surface area contributed by atoms with E-state index in [1.165, 1.54) is 12.1 Å². The highest BCUT2D eigenvalue weighted by molar-refractivity contribution is 9.10. The van der Waals surface area contributed by atoms with Crippen molar-refractivity contribution in [3.63, 3.8) is 0 Å². The van der Waals surface area contributed by atoms with E-state index in [0.717, 1.165) is 10.0 Å². The number of para-hydroxylation sites is 1. The second-order valence-electron chi connectivity index (χ2n) is 4.88. The highest BCUT2D eigenvalue weighted by atomic mass is 79.9. The van der Waals surface area contributed by atoms with E-state index in [4.69, 9.17) is 5.73 Å². The number of carbonyl (C=O) groups excluding carboxylic acids is 1. The Bertz CT molecular complexity index is 848. The Hall–Kier alpha value is -1.86. The number of halogens is 1. The van der Waals surface area contributed by atoms with E-state index in [0.29, 0.717) is 5.56 Å². The maximum Gasteiger partial charge on any atom is 0.261 e. The van der Waals surface area contributed by atoms with Crippen LogP contribution in [0.2, 0.25) is 0 Å². The largest absolute Gasteiger partial charge is 0.366 e. The predicted octanol–water partition coefficient (Wildman–Crippen LogP) is 2.97. The molecule has 0 bridgehead atoms. The van der Waals surface area contributed by atoms with Crippen LogP contribution in [0.5, 0.6) is 0 Å². The molecule has 2 aromatic carbocycles. The lowest BCUT2D eigenvalue weighted by atomic mass is 10.1. The Morgan fingerprint density at radius 3 is 2.41 bits per heavy atom. The Morgan fingerprint density at radius 1 is 1.14 bits per heavy atom. The van der Waals surface area contributed by atoms with E-state index in [2.05, 4.69) is 20.7 Å². The number of anilines is 1. The van der Waals surface area contributed by atoms with Gasteiger partial charge in [-0.3, -0.25) is 9.52 Å². The normalized spacial score (nSPS) is 11.2. The number of amides is 1. The van der Waals surface area contributed by atoms with E-state index >= 15 is 0 Å². The average molecular weight is 383 g/mol. The molecule has 1 amide bonds. The SMILES string of the molecule is Cc1cc(S(=O)(=O)Nc2c(C)cccc2C(N)=O)ccc1Br. The fourth-order valence-corrected chi connectivity index (χ4v) is 3.47. The number of hydrogen-bond acceptors (Lipinski definition) is 3. The zero-order valence-electron chi connectivity index (χ0n) is 12.1. The summed E-state index contributed by atoms with van der Waals surface area (Å²) in [5.74, 6) is -0.687. The molecule has 0 aliphatic heterocycles. The van der Waals surface area contributed by atoms with Gasteiger partial charge in [-0.1, -0.05) is 28.1 Å². The number of nitrogens with one attached hydrogen (secondary N) is 1. The van der Waals surface area contributed by atoms with E-state index in [1.54, 1.807) is 38.1 Å². The van der Waals surface area contributed by atoms with Crippen LogP contribution in [-0.4, -0.2) is 14.3 Å². The number of nitrogens with two attached hydrogens (primary N) is 1. The number of benzene rings is 2. The van der Waals surface area contributed by atoms with Gasteiger partial charge in [-0.25, -0.2) is 8.42 Å². The summed E-state index contributed by atoms with van der Waals surface area (Å²) in [4.78, 5) is 11.6. The molecule has 2 rings (SSSR count). The first-order valence-electron chi connectivity index (χ1n) is 6.41. The smallest absolute Gasteiger partial charge is 0.261 e. The van der Waals surface area contributed by atoms with Crippen LogP contribution in [0.25, 0.3) is 0 Å². The summed E-state index contributed by atoms with van der Waals surface area (Å²) in [6.07, 6.45) is 0. The van der Waals surface area contributed by atoms with Crippen molar-refractivity contribution in [2.45, 2.75) is 18.7 Å². The van der Waals surface area contributed by atoms with Gasteiger partial charge in [0.25, 0.3) is 15.9 Å². The van der Waals surface area contributed by atoms with Crippen LogP contribution in [0.3, 0.4) is 0 Å². The van der Waals surface area contributed by atoms with Crippen molar-refractivity contribution < 1.29 is 13.2 Å². The van der Waals surface area contributed by atoms with Gasteiger partial charge < -0.3 is 5.73 Å². The molecule has 0 saturated heterocycles. The van der Waals surface area contributed by atoms with Crippen LogP contribution in [0, 0.1) is 13.8 Å². The number of aryl methyl sites for hydroxylation is 2. The zero-order chi connectivity index (χ0) is 16.5. The molecule has 5 nitrogen and oxygen atoms in total. The van der Waals surface area contributed by atoms with Crippen molar-refractivity contribution in [3.05, 3.63) is 57.6 Å². The minimum Gasteiger partial charge on any atom is -0.366 e. The van der Waals surface area contributed by atoms with Crippen molar-refractivity contribution >= 4 is 37.5 Å². The highest BCUT2D eigenvalue weighted by Gasteiger charge is 2.19. The minimum absolute atomic E-state index is 0.117. The van der Waals surface area contributed by atoms with Crippen LogP contribution >= 0.6 is 15.9 Å². The molecular weight excluding hydrogens is 368 g/mol. The van der Waals surface area contributed by atoms with Crippen LogP contribution in [-0.2, 0) is 10.0 Å². The monoisotopic (exact) mass is 382 g/mol. The zero-order valence-corrected chi connectivity index (χ0v) is 14.5. The summed E-state index contributed by atoms with van der Waals surface area (Å²) < 4.78 is 28.3. The van der Waals surface area contributed by atoms with Gasteiger partial charge >= 0.3 is 0 Å². The summed E-state index contributed by atoms with van der Waals surface area (Å²) in [6, 6.07) is 9.54. The predicted molar refractivity (Wildman–Crippen MR) is 89.4 cm³/mol. The quantitative estimate of drug-likeness (QED) is 0.851. The molecule has 0 heterocycles. The van der Waals surface area contributed by atoms with Crippen LogP contribution in [0.1, 0.15) is 21.5 Å². The number of carbonyl (C=O) groups is 1. The lowest BCUT2D eigenvalue weighted by molar-refractivity contribution is 0.100. The van der Waals surface area contributed by atoms with E-state index in [9.17, 15) is 13.2 Å². The van der Waals surface area contributed by atoms with Crippen molar-refractivity contribution in [1.82, 2.24) is 0 Å². The summed E-state index contributed by atoms with van der Waals surface area (Å²) in [5, 5.41) is 0. The van der Waals surface area contributed by atoms with Gasteiger partial charge in [0.2, 0.25) is 0 Å². The lowest BCUT2D eigenvalue weighted by Crippen LogP contribution is -2.19. The first-order valence-corrected chi connectivity index (χ1v) is 8.68. The molecule has 0 fully saturated rings. The Balaban J connectivity index is 2.50. The van der Waals surface area contributed by atoms with Gasteiger partial charge in [0, 0.05) is 4.47 Å². The maximum atomic E-state index is 12.5. The van der Waals surface area contributed by atoms with E-state index < -0.39 is 15.9 Å². The molecule has 7 heteroatoms. The van der Waals surface area contributed by atoms with E-state index in [-0.39, 0.29) is 16.1 Å². The molecule has 0 aromatic heterocycles. The van der Waals surface area contributed by atoms with Gasteiger partial charge in [0.05, 0.1) is 16.1 Å². The second kappa shape index (κ2) is 6.10. The molecule has 0 aliphatic rings. The summed E-state index contributed by atoms with van der Waals surface area (Å²) >= 11 is 3.33. The summed E-state index contributed by atoms with van der Waals surface area (Å²) in [5.41, 5.74) is 7.06. The van der Waals surface area contributed by atoms with Crippen LogP contribution in [0.15, 0.2) is 45.8 Å². The van der Waals surface area contributed by atoms with Gasteiger partial charge in [-0.2, -0.15) is 0 Å². The first kappa shape index (κ1) is 16.5.